The molecule has 2 aromatic rings. The highest BCUT2D eigenvalue weighted by atomic mass is 15.1. The molecular formula is C19H30N4. The van der Waals surface area contributed by atoms with Gasteiger partial charge in [0.2, 0.25) is 0 Å². The Morgan fingerprint density at radius 2 is 1.96 bits per heavy atom. The summed E-state index contributed by atoms with van der Waals surface area (Å²) in [4.78, 5) is 15.4. The second-order valence-corrected chi connectivity index (χ2v) is 6.89. The second kappa shape index (κ2) is 7.91. The molecule has 0 amide bonds. The van der Waals surface area contributed by atoms with Gasteiger partial charge in [0.1, 0.15) is 5.82 Å². The maximum Gasteiger partial charge on any atom is 0.129 e. The van der Waals surface area contributed by atoms with Gasteiger partial charge in [0, 0.05) is 12.1 Å². The van der Waals surface area contributed by atoms with Crippen molar-refractivity contribution in [2.75, 3.05) is 19.6 Å². The Morgan fingerprint density at radius 1 is 1.13 bits per heavy atom. The molecule has 0 atom stereocenters. The number of rotatable bonds is 8. The third-order valence-corrected chi connectivity index (χ3v) is 5.00. The maximum atomic E-state index is 4.84. The molecule has 1 N–H and O–H groups in total. The summed E-state index contributed by atoms with van der Waals surface area (Å²) in [7, 11) is 0. The van der Waals surface area contributed by atoms with E-state index in [1.807, 2.05) is 6.20 Å². The van der Waals surface area contributed by atoms with Gasteiger partial charge < -0.3 is 9.88 Å². The van der Waals surface area contributed by atoms with Gasteiger partial charge in [-0.25, -0.2) is 9.97 Å². The number of nitrogens with one attached hydrogen (secondary N) is 1. The van der Waals surface area contributed by atoms with Gasteiger partial charge in [0.15, 0.2) is 0 Å². The van der Waals surface area contributed by atoms with E-state index in [1.54, 1.807) is 0 Å². The number of fused-ring (bicyclic) bond motifs is 1. The van der Waals surface area contributed by atoms with Crippen molar-refractivity contribution in [3.8, 4) is 0 Å². The van der Waals surface area contributed by atoms with E-state index in [1.165, 1.54) is 69.4 Å². The van der Waals surface area contributed by atoms with Crippen LogP contribution < -0.4 is 0 Å². The van der Waals surface area contributed by atoms with Crippen molar-refractivity contribution in [1.29, 1.82) is 0 Å². The average Bonchev–Trinajstić information content (AvgIpc) is 3.17. The first kappa shape index (κ1) is 16.4. The standard InChI is InChI=1S/C19H30N4/c1-3-4-10-18-20-14-17-19(22-18)16(15(2)21-17)9-5-6-11-23-12-7-8-13-23/h14,21H,3-13H2,1-2H3. The summed E-state index contributed by atoms with van der Waals surface area (Å²) in [5.74, 6) is 0.997. The molecular weight excluding hydrogens is 284 g/mol. The van der Waals surface area contributed by atoms with Crippen LogP contribution in [0.15, 0.2) is 6.20 Å². The lowest BCUT2D eigenvalue weighted by molar-refractivity contribution is 0.330. The summed E-state index contributed by atoms with van der Waals surface area (Å²) in [5, 5.41) is 0. The van der Waals surface area contributed by atoms with Crippen molar-refractivity contribution >= 4 is 11.0 Å². The van der Waals surface area contributed by atoms with Gasteiger partial charge in [-0.2, -0.15) is 0 Å². The number of nitrogens with zero attached hydrogens (tertiary/aromatic N) is 3. The van der Waals surface area contributed by atoms with E-state index in [0.29, 0.717) is 0 Å². The predicted octanol–water partition coefficient (Wildman–Crippen LogP) is 4.03. The highest BCUT2D eigenvalue weighted by molar-refractivity contribution is 5.79. The zero-order chi connectivity index (χ0) is 16.1. The highest BCUT2D eigenvalue weighted by Gasteiger charge is 2.13. The minimum Gasteiger partial charge on any atom is -0.356 e. The predicted molar refractivity (Wildman–Crippen MR) is 95.8 cm³/mol. The molecule has 3 rings (SSSR count). The summed E-state index contributed by atoms with van der Waals surface area (Å²) in [5.41, 5.74) is 4.92. The van der Waals surface area contributed by atoms with E-state index < -0.39 is 0 Å². The van der Waals surface area contributed by atoms with Crippen LogP contribution in [-0.4, -0.2) is 39.5 Å². The van der Waals surface area contributed by atoms with Crippen LogP contribution in [0, 0.1) is 6.92 Å². The average molecular weight is 314 g/mol. The first-order valence-corrected chi connectivity index (χ1v) is 9.33. The Morgan fingerprint density at radius 3 is 2.74 bits per heavy atom. The summed E-state index contributed by atoms with van der Waals surface area (Å²) >= 11 is 0. The van der Waals surface area contributed by atoms with Crippen LogP contribution in [-0.2, 0) is 12.8 Å². The zero-order valence-corrected chi connectivity index (χ0v) is 14.7. The fourth-order valence-electron chi connectivity index (χ4n) is 3.60. The SMILES string of the molecule is CCCCc1ncc2[nH]c(C)c(CCCCN3CCCC3)c2n1. The lowest BCUT2D eigenvalue weighted by atomic mass is 10.1. The Hall–Kier alpha value is -1.42. The molecule has 1 saturated heterocycles. The molecule has 1 aliphatic rings. The number of H-pyrrole nitrogens is 1. The van der Waals surface area contributed by atoms with Crippen molar-refractivity contribution < 1.29 is 0 Å². The van der Waals surface area contributed by atoms with Gasteiger partial charge in [-0.05, 0) is 70.6 Å². The Balaban J connectivity index is 1.62. The van der Waals surface area contributed by atoms with Crippen molar-refractivity contribution in [3.05, 3.63) is 23.3 Å². The largest absolute Gasteiger partial charge is 0.356 e. The molecule has 0 spiro atoms. The van der Waals surface area contributed by atoms with Crippen LogP contribution in [0.3, 0.4) is 0 Å². The quantitative estimate of drug-likeness (QED) is 0.748. The molecule has 1 fully saturated rings. The van der Waals surface area contributed by atoms with Crippen LogP contribution in [0.4, 0.5) is 0 Å². The normalized spacial score (nSPS) is 15.7. The lowest BCUT2D eigenvalue weighted by Crippen LogP contribution is -2.20. The van der Waals surface area contributed by atoms with Gasteiger partial charge in [-0.3, -0.25) is 0 Å². The van der Waals surface area contributed by atoms with Gasteiger partial charge >= 0.3 is 0 Å². The van der Waals surface area contributed by atoms with Gasteiger partial charge in [0.05, 0.1) is 17.2 Å². The molecule has 0 unspecified atom stereocenters. The topological polar surface area (TPSA) is 44.8 Å². The minimum absolute atomic E-state index is 0.991. The molecule has 3 heterocycles. The minimum atomic E-state index is 0.991. The van der Waals surface area contributed by atoms with Crippen LogP contribution in [0.1, 0.15) is 62.5 Å². The molecule has 0 aromatic carbocycles. The third-order valence-electron chi connectivity index (χ3n) is 5.00. The Labute approximate surface area is 139 Å². The fourth-order valence-corrected chi connectivity index (χ4v) is 3.60. The van der Waals surface area contributed by atoms with E-state index in [4.69, 9.17) is 4.98 Å². The number of aromatic amines is 1. The molecule has 1 aliphatic heterocycles. The fraction of sp³-hybridized carbons (Fsp3) is 0.684. The first-order valence-electron chi connectivity index (χ1n) is 9.33. The van der Waals surface area contributed by atoms with E-state index in [0.717, 1.165) is 29.7 Å². The molecule has 4 heteroatoms. The van der Waals surface area contributed by atoms with E-state index in [9.17, 15) is 0 Å². The van der Waals surface area contributed by atoms with Crippen molar-refractivity contribution in [1.82, 2.24) is 19.9 Å². The van der Waals surface area contributed by atoms with Crippen LogP contribution in [0.5, 0.6) is 0 Å². The van der Waals surface area contributed by atoms with Crippen LogP contribution in [0.25, 0.3) is 11.0 Å². The van der Waals surface area contributed by atoms with Crippen molar-refractivity contribution in [2.45, 2.75) is 65.2 Å². The third kappa shape index (κ3) is 4.11. The van der Waals surface area contributed by atoms with Gasteiger partial charge in [0.25, 0.3) is 0 Å². The number of hydrogen-bond acceptors (Lipinski definition) is 3. The Kier molecular flexibility index (Phi) is 5.65. The summed E-state index contributed by atoms with van der Waals surface area (Å²) in [6.45, 7) is 8.26. The molecule has 0 aliphatic carbocycles. The van der Waals surface area contributed by atoms with Crippen LogP contribution in [0.2, 0.25) is 0 Å². The molecule has 0 saturated carbocycles. The second-order valence-electron chi connectivity index (χ2n) is 6.89. The number of aromatic nitrogens is 3. The molecule has 126 valence electrons. The molecule has 23 heavy (non-hydrogen) atoms. The van der Waals surface area contributed by atoms with Gasteiger partial charge in [-0.1, -0.05) is 13.3 Å². The number of hydrogen-bond donors (Lipinski definition) is 1. The monoisotopic (exact) mass is 314 g/mol. The number of likely N-dealkylation sites (tertiary alicyclic amines) is 1. The first-order chi connectivity index (χ1) is 11.3. The summed E-state index contributed by atoms with van der Waals surface area (Å²) in [6, 6.07) is 0. The summed E-state index contributed by atoms with van der Waals surface area (Å²) < 4.78 is 0. The van der Waals surface area contributed by atoms with Crippen molar-refractivity contribution in [3.63, 3.8) is 0 Å². The highest BCUT2D eigenvalue weighted by Crippen LogP contribution is 2.22. The number of aryl methyl sites for hydroxylation is 3. The molecule has 4 nitrogen and oxygen atoms in total. The summed E-state index contributed by atoms with van der Waals surface area (Å²) in [6.07, 6.45) is 11.8. The van der Waals surface area contributed by atoms with Crippen molar-refractivity contribution in [2.24, 2.45) is 0 Å². The van der Waals surface area contributed by atoms with E-state index in [-0.39, 0.29) is 0 Å². The van der Waals surface area contributed by atoms with Gasteiger partial charge in [-0.15, -0.1) is 0 Å². The number of unbranched alkanes of at least 4 members (excludes halogenated alkanes) is 2. The maximum absolute atomic E-state index is 4.84. The molecule has 0 radical (unpaired) electrons. The molecule has 2 aromatic heterocycles. The lowest BCUT2D eigenvalue weighted by Gasteiger charge is -2.13. The van der Waals surface area contributed by atoms with Crippen LogP contribution >= 0.6 is 0 Å². The molecule has 0 bridgehead atoms. The Bertz CT molecular complexity index is 626. The smallest absolute Gasteiger partial charge is 0.129 e. The van der Waals surface area contributed by atoms with E-state index in [2.05, 4.69) is 28.7 Å². The zero-order valence-electron chi connectivity index (χ0n) is 14.7. The van der Waals surface area contributed by atoms with E-state index >= 15 is 0 Å².